The molecule has 2 aromatic rings. The highest BCUT2D eigenvalue weighted by Gasteiger charge is 2.19. The van der Waals surface area contributed by atoms with Crippen molar-refractivity contribution in [1.29, 1.82) is 0 Å². The maximum Gasteiger partial charge on any atom is 0.178 e. The Morgan fingerprint density at radius 3 is 2.68 bits per heavy atom. The molecule has 0 unspecified atom stereocenters. The van der Waals surface area contributed by atoms with Crippen molar-refractivity contribution in [1.82, 2.24) is 9.55 Å². The molecule has 0 radical (unpaired) electrons. The summed E-state index contributed by atoms with van der Waals surface area (Å²) in [5, 5.41) is 0. The van der Waals surface area contributed by atoms with Crippen LogP contribution in [-0.2, 0) is 6.54 Å². The second kappa shape index (κ2) is 5.91. The normalized spacial score (nSPS) is 12.2. The van der Waals surface area contributed by atoms with Crippen LogP contribution in [0, 0.1) is 10.2 Å². The first-order valence-electron chi connectivity index (χ1n) is 7.21. The van der Waals surface area contributed by atoms with Crippen molar-refractivity contribution in [3.63, 3.8) is 0 Å². The molecule has 2 rings (SSSR count). The van der Waals surface area contributed by atoms with E-state index >= 15 is 0 Å². The first kappa shape index (κ1) is 14.3. The van der Waals surface area contributed by atoms with Gasteiger partial charge < -0.3 is 9.55 Å². The number of benzene rings is 1. The number of unbranched alkanes of at least 4 members (excludes halogenated alkanes) is 2. The standard InChI is InChI=1S/C16H24N2S/c1-4-5-8-11-16(2,3)12-18-14-10-7-6-9-13(14)17-15(18)19/h6-7,9-10H,4-5,8,11-12H2,1-3H3,(H,17,19). The molecular weight excluding hydrogens is 252 g/mol. The number of H-pyrrole nitrogens is 1. The van der Waals surface area contributed by atoms with Gasteiger partial charge in [-0.15, -0.1) is 0 Å². The molecule has 19 heavy (non-hydrogen) atoms. The zero-order chi connectivity index (χ0) is 13.9. The molecule has 1 aromatic heterocycles. The lowest BCUT2D eigenvalue weighted by molar-refractivity contribution is 0.273. The van der Waals surface area contributed by atoms with E-state index in [4.69, 9.17) is 12.2 Å². The van der Waals surface area contributed by atoms with Gasteiger partial charge in [-0.2, -0.15) is 0 Å². The lowest BCUT2D eigenvalue weighted by atomic mass is 9.87. The summed E-state index contributed by atoms with van der Waals surface area (Å²) in [5.41, 5.74) is 2.64. The number of aromatic amines is 1. The fourth-order valence-corrected chi connectivity index (χ4v) is 2.90. The first-order chi connectivity index (χ1) is 9.03. The van der Waals surface area contributed by atoms with Gasteiger partial charge in [-0.25, -0.2) is 0 Å². The van der Waals surface area contributed by atoms with Crippen LogP contribution in [0.3, 0.4) is 0 Å². The van der Waals surface area contributed by atoms with Crippen molar-refractivity contribution >= 4 is 23.3 Å². The number of para-hydroxylation sites is 2. The predicted octanol–water partition coefficient (Wildman–Crippen LogP) is 5.31. The van der Waals surface area contributed by atoms with Crippen LogP contribution in [0.1, 0.15) is 46.5 Å². The van der Waals surface area contributed by atoms with Crippen molar-refractivity contribution < 1.29 is 0 Å². The fourth-order valence-electron chi connectivity index (χ4n) is 2.62. The van der Waals surface area contributed by atoms with E-state index in [0.717, 1.165) is 16.8 Å². The number of aromatic nitrogens is 2. The summed E-state index contributed by atoms with van der Waals surface area (Å²) in [4.78, 5) is 3.29. The van der Waals surface area contributed by atoms with Crippen LogP contribution in [0.5, 0.6) is 0 Å². The molecule has 0 aliphatic carbocycles. The Labute approximate surface area is 120 Å². The van der Waals surface area contributed by atoms with Gasteiger partial charge in [0.15, 0.2) is 4.77 Å². The molecule has 0 amide bonds. The summed E-state index contributed by atoms with van der Waals surface area (Å²) in [6.45, 7) is 7.92. The minimum Gasteiger partial charge on any atom is -0.331 e. The molecule has 1 aromatic carbocycles. The number of rotatable bonds is 6. The van der Waals surface area contributed by atoms with Gasteiger partial charge in [0.1, 0.15) is 0 Å². The summed E-state index contributed by atoms with van der Waals surface area (Å²) >= 11 is 5.46. The maximum atomic E-state index is 5.46. The third kappa shape index (κ3) is 3.47. The highest BCUT2D eigenvalue weighted by molar-refractivity contribution is 7.71. The Kier molecular flexibility index (Phi) is 4.46. The third-order valence-corrected chi connectivity index (χ3v) is 4.05. The average Bonchev–Trinajstić information content (AvgIpc) is 2.66. The van der Waals surface area contributed by atoms with E-state index in [0.29, 0.717) is 5.41 Å². The smallest absolute Gasteiger partial charge is 0.178 e. The second-order valence-corrected chi connectivity index (χ2v) is 6.54. The Bertz CT molecular complexity index is 592. The minimum absolute atomic E-state index is 0.290. The third-order valence-electron chi connectivity index (χ3n) is 3.72. The average molecular weight is 276 g/mol. The van der Waals surface area contributed by atoms with Gasteiger partial charge in [0, 0.05) is 6.54 Å². The van der Waals surface area contributed by atoms with E-state index in [1.165, 1.54) is 31.2 Å². The highest BCUT2D eigenvalue weighted by atomic mass is 32.1. The number of nitrogens with zero attached hydrogens (tertiary/aromatic N) is 1. The molecule has 2 nitrogen and oxygen atoms in total. The fraction of sp³-hybridized carbons (Fsp3) is 0.562. The van der Waals surface area contributed by atoms with Crippen LogP contribution in [0.2, 0.25) is 0 Å². The molecule has 0 saturated carbocycles. The molecule has 3 heteroatoms. The molecule has 0 aliphatic rings. The quantitative estimate of drug-likeness (QED) is 0.560. The van der Waals surface area contributed by atoms with Gasteiger partial charge >= 0.3 is 0 Å². The molecule has 0 saturated heterocycles. The Balaban J connectivity index is 2.20. The summed E-state index contributed by atoms with van der Waals surface area (Å²) < 4.78 is 3.08. The van der Waals surface area contributed by atoms with Crippen LogP contribution < -0.4 is 0 Å². The van der Waals surface area contributed by atoms with Gasteiger partial charge in [-0.1, -0.05) is 52.2 Å². The highest BCUT2D eigenvalue weighted by Crippen LogP contribution is 2.28. The number of nitrogens with one attached hydrogen (secondary N) is 1. The molecule has 1 heterocycles. The minimum atomic E-state index is 0.290. The number of hydrogen-bond donors (Lipinski definition) is 1. The SMILES string of the molecule is CCCCCC(C)(C)Cn1c(=S)[nH]c2ccccc21. The molecule has 0 bridgehead atoms. The van der Waals surface area contributed by atoms with Crippen LogP contribution >= 0.6 is 12.2 Å². The summed E-state index contributed by atoms with van der Waals surface area (Å²) in [5.74, 6) is 0. The number of imidazole rings is 1. The predicted molar refractivity (Wildman–Crippen MR) is 85.0 cm³/mol. The molecule has 0 aliphatic heterocycles. The van der Waals surface area contributed by atoms with Crippen LogP contribution in [-0.4, -0.2) is 9.55 Å². The molecule has 0 spiro atoms. The molecule has 1 N–H and O–H groups in total. The van der Waals surface area contributed by atoms with Crippen LogP contribution in [0.25, 0.3) is 11.0 Å². The van der Waals surface area contributed by atoms with E-state index in [9.17, 15) is 0 Å². The van der Waals surface area contributed by atoms with E-state index in [1.807, 2.05) is 6.07 Å². The van der Waals surface area contributed by atoms with Crippen LogP contribution in [0.4, 0.5) is 0 Å². The number of fused-ring (bicyclic) bond motifs is 1. The molecule has 104 valence electrons. The zero-order valence-electron chi connectivity index (χ0n) is 12.2. The van der Waals surface area contributed by atoms with E-state index in [-0.39, 0.29) is 0 Å². The molecule has 0 fully saturated rings. The van der Waals surface area contributed by atoms with Gasteiger partial charge in [-0.3, -0.25) is 0 Å². The van der Waals surface area contributed by atoms with E-state index in [1.54, 1.807) is 0 Å². The van der Waals surface area contributed by atoms with E-state index < -0.39 is 0 Å². The van der Waals surface area contributed by atoms with Crippen molar-refractivity contribution in [3.8, 4) is 0 Å². The van der Waals surface area contributed by atoms with Gasteiger partial charge in [0.25, 0.3) is 0 Å². The number of hydrogen-bond acceptors (Lipinski definition) is 1. The van der Waals surface area contributed by atoms with Crippen molar-refractivity contribution in [2.45, 2.75) is 53.0 Å². The Morgan fingerprint density at radius 1 is 1.21 bits per heavy atom. The van der Waals surface area contributed by atoms with Gasteiger partial charge in [-0.05, 0) is 36.2 Å². The lowest BCUT2D eigenvalue weighted by Gasteiger charge is -2.25. The van der Waals surface area contributed by atoms with E-state index in [2.05, 4.69) is 48.5 Å². The molecular formula is C16H24N2S. The maximum absolute atomic E-state index is 5.46. The summed E-state index contributed by atoms with van der Waals surface area (Å²) in [6, 6.07) is 8.35. The largest absolute Gasteiger partial charge is 0.331 e. The van der Waals surface area contributed by atoms with Crippen LogP contribution in [0.15, 0.2) is 24.3 Å². The summed E-state index contributed by atoms with van der Waals surface area (Å²) in [7, 11) is 0. The second-order valence-electron chi connectivity index (χ2n) is 6.15. The van der Waals surface area contributed by atoms with Gasteiger partial charge in [0.2, 0.25) is 0 Å². The van der Waals surface area contributed by atoms with Crippen molar-refractivity contribution in [2.24, 2.45) is 5.41 Å². The first-order valence-corrected chi connectivity index (χ1v) is 7.62. The monoisotopic (exact) mass is 276 g/mol. The summed E-state index contributed by atoms with van der Waals surface area (Å²) in [6.07, 6.45) is 5.16. The van der Waals surface area contributed by atoms with Crippen molar-refractivity contribution in [2.75, 3.05) is 0 Å². The molecule has 0 atom stereocenters. The van der Waals surface area contributed by atoms with Crippen molar-refractivity contribution in [3.05, 3.63) is 29.0 Å². The Hall–Kier alpha value is -1.09. The topological polar surface area (TPSA) is 20.7 Å². The Morgan fingerprint density at radius 2 is 1.95 bits per heavy atom. The van der Waals surface area contributed by atoms with Gasteiger partial charge in [0.05, 0.1) is 11.0 Å². The lowest BCUT2D eigenvalue weighted by Crippen LogP contribution is -2.19. The zero-order valence-corrected chi connectivity index (χ0v) is 13.0.